The van der Waals surface area contributed by atoms with Crippen molar-refractivity contribution >= 4 is 11.6 Å². The van der Waals surface area contributed by atoms with Crippen LogP contribution in [-0.2, 0) is 6.42 Å². The van der Waals surface area contributed by atoms with E-state index in [1.165, 1.54) is 12.1 Å². The number of nitrogens with one attached hydrogen (secondary N) is 1. The van der Waals surface area contributed by atoms with Crippen LogP contribution in [-0.4, -0.2) is 4.98 Å². The zero-order chi connectivity index (χ0) is 13.0. The van der Waals surface area contributed by atoms with Crippen molar-refractivity contribution < 1.29 is 4.39 Å². The fourth-order valence-electron chi connectivity index (χ4n) is 1.74. The van der Waals surface area contributed by atoms with E-state index in [9.17, 15) is 4.39 Å². The molecule has 2 rings (SSSR count). The smallest absolute Gasteiger partial charge is 0.124 e. The third-order valence-corrected chi connectivity index (χ3v) is 3.04. The van der Waals surface area contributed by atoms with Gasteiger partial charge in [-0.05, 0) is 36.2 Å². The Kier molecular flexibility index (Phi) is 4.25. The van der Waals surface area contributed by atoms with Crippen LogP contribution in [0.5, 0.6) is 0 Å². The standard InChI is InChI=1S/C13H13ClFN3/c14-11-8-10(15)5-4-9(11)7-13(18-16)12-3-1-2-6-17-12/h1-6,8,13,18H,7,16H2. The molecule has 1 atom stereocenters. The number of hydrogen-bond acceptors (Lipinski definition) is 3. The molecule has 1 aromatic carbocycles. The lowest BCUT2D eigenvalue weighted by atomic mass is 10.0. The maximum absolute atomic E-state index is 13.0. The van der Waals surface area contributed by atoms with E-state index in [0.29, 0.717) is 11.4 Å². The van der Waals surface area contributed by atoms with Crippen molar-refractivity contribution in [3.63, 3.8) is 0 Å². The summed E-state index contributed by atoms with van der Waals surface area (Å²) in [6, 6.07) is 9.78. The second-order valence-corrected chi connectivity index (χ2v) is 4.32. The Labute approximate surface area is 110 Å². The molecule has 0 spiro atoms. The predicted molar refractivity (Wildman–Crippen MR) is 69.4 cm³/mol. The molecule has 3 N–H and O–H groups in total. The van der Waals surface area contributed by atoms with E-state index in [2.05, 4.69) is 10.4 Å². The average molecular weight is 266 g/mol. The predicted octanol–water partition coefficient (Wildman–Crippen LogP) is 2.62. The molecule has 0 saturated carbocycles. The first-order chi connectivity index (χ1) is 8.70. The van der Waals surface area contributed by atoms with E-state index >= 15 is 0 Å². The van der Waals surface area contributed by atoms with Crippen molar-refractivity contribution in [2.24, 2.45) is 5.84 Å². The molecule has 0 aliphatic carbocycles. The van der Waals surface area contributed by atoms with Gasteiger partial charge in [0.25, 0.3) is 0 Å². The fraction of sp³-hybridized carbons (Fsp3) is 0.154. The van der Waals surface area contributed by atoms with Crippen LogP contribution in [0.15, 0.2) is 42.6 Å². The zero-order valence-corrected chi connectivity index (χ0v) is 10.4. The van der Waals surface area contributed by atoms with E-state index < -0.39 is 0 Å². The number of hydrogen-bond donors (Lipinski definition) is 2. The highest BCUT2D eigenvalue weighted by Crippen LogP contribution is 2.23. The number of halogens is 2. The van der Waals surface area contributed by atoms with Gasteiger partial charge in [-0.3, -0.25) is 16.3 Å². The van der Waals surface area contributed by atoms with E-state index in [1.807, 2.05) is 18.2 Å². The molecule has 0 radical (unpaired) electrons. The van der Waals surface area contributed by atoms with Gasteiger partial charge in [-0.2, -0.15) is 0 Å². The Balaban J connectivity index is 2.21. The summed E-state index contributed by atoms with van der Waals surface area (Å²) in [5.74, 6) is 5.18. The van der Waals surface area contributed by atoms with Gasteiger partial charge in [-0.25, -0.2) is 4.39 Å². The Hall–Kier alpha value is -1.49. The third-order valence-electron chi connectivity index (χ3n) is 2.69. The van der Waals surface area contributed by atoms with Gasteiger partial charge in [0.2, 0.25) is 0 Å². The lowest BCUT2D eigenvalue weighted by Crippen LogP contribution is -2.30. The molecule has 1 aromatic heterocycles. The Morgan fingerprint density at radius 3 is 2.78 bits per heavy atom. The van der Waals surface area contributed by atoms with E-state index in [1.54, 1.807) is 12.3 Å². The number of nitrogens with zero attached hydrogens (tertiary/aromatic N) is 1. The van der Waals surface area contributed by atoms with Crippen LogP contribution in [0.2, 0.25) is 5.02 Å². The molecular weight excluding hydrogens is 253 g/mol. The monoisotopic (exact) mass is 265 g/mol. The topological polar surface area (TPSA) is 50.9 Å². The molecule has 1 heterocycles. The summed E-state index contributed by atoms with van der Waals surface area (Å²) in [5, 5.41) is 0.395. The highest BCUT2D eigenvalue weighted by Gasteiger charge is 2.13. The van der Waals surface area contributed by atoms with Gasteiger partial charge >= 0.3 is 0 Å². The average Bonchev–Trinajstić information content (AvgIpc) is 2.39. The summed E-state index contributed by atoms with van der Waals surface area (Å²) in [4.78, 5) is 4.23. The largest absolute Gasteiger partial charge is 0.271 e. The Bertz CT molecular complexity index is 519. The molecule has 0 bridgehead atoms. The normalized spacial score (nSPS) is 12.4. The summed E-state index contributed by atoms with van der Waals surface area (Å²) in [6.07, 6.45) is 2.25. The minimum absolute atomic E-state index is 0.158. The molecule has 5 heteroatoms. The highest BCUT2D eigenvalue weighted by molar-refractivity contribution is 6.31. The lowest BCUT2D eigenvalue weighted by molar-refractivity contribution is 0.537. The van der Waals surface area contributed by atoms with Crippen LogP contribution in [0.3, 0.4) is 0 Å². The first kappa shape index (κ1) is 13.0. The molecule has 0 fully saturated rings. The quantitative estimate of drug-likeness (QED) is 0.660. The highest BCUT2D eigenvalue weighted by atomic mass is 35.5. The van der Waals surface area contributed by atoms with Gasteiger partial charge in [0.1, 0.15) is 5.82 Å². The van der Waals surface area contributed by atoms with Crippen LogP contribution in [0.25, 0.3) is 0 Å². The summed E-state index contributed by atoms with van der Waals surface area (Å²) < 4.78 is 13.0. The van der Waals surface area contributed by atoms with Crippen LogP contribution >= 0.6 is 11.6 Å². The number of benzene rings is 1. The van der Waals surface area contributed by atoms with E-state index in [-0.39, 0.29) is 11.9 Å². The summed E-state index contributed by atoms with van der Waals surface area (Å²) in [6.45, 7) is 0. The molecule has 0 amide bonds. The minimum Gasteiger partial charge on any atom is -0.271 e. The van der Waals surface area contributed by atoms with Gasteiger partial charge in [0, 0.05) is 11.2 Å². The minimum atomic E-state index is -0.348. The zero-order valence-electron chi connectivity index (χ0n) is 9.61. The van der Waals surface area contributed by atoms with Crippen LogP contribution in [0.1, 0.15) is 17.3 Å². The molecule has 1 unspecified atom stereocenters. The SMILES string of the molecule is NNC(Cc1ccc(F)cc1Cl)c1ccccn1. The molecule has 0 saturated heterocycles. The maximum Gasteiger partial charge on any atom is 0.124 e. The van der Waals surface area contributed by atoms with E-state index in [4.69, 9.17) is 17.4 Å². The summed E-state index contributed by atoms with van der Waals surface area (Å²) in [5.41, 5.74) is 4.34. The van der Waals surface area contributed by atoms with Gasteiger partial charge < -0.3 is 0 Å². The summed E-state index contributed by atoms with van der Waals surface area (Å²) >= 11 is 5.99. The van der Waals surface area contributed by atoms with Crippen molar-refractivity contribution in [2.75, 3.05) is 0 Å². The van der Waals surface area contributed by atoms with Gasteiger partial charge in [-0.15, -0.1) is 0 Å². The molecule has 94 valence electrons. The van der Waals surface area contributed by atoms with Gasteiger partial charge in [0.15, 0.2) is 0 Å². The second-order valence-electron chi connectivity index (χ2n) is 3.91. The summed E-state index contributed by atoms with van der Waals surface area (Å²) in [7, 11) is 0. The van der Waals surface area contributed by atoms with Crippen LogP contribution in [0.4, 0.5) is 4.39 Å². The maximum atomic E-state index is 13.0. The van der Waals surface area contributed by atoms with Crippen molar-refractivity contribution in [3.8, 4) is 0 Å². The van der Waals surface area contributed by atoms with Gasteiger partial charge in [0.05, 0.1) is 11.7 Å². The lowest BCUT2D eigenvalue weighted by Gasteiger charge is -2.16. The first-order valence-corrected chi connectivity index (χ1v) is 5.89. The molecule has 0 aliphatic rings. The van der Waals surface area contributed by atoms with Gasteiger partial charge in [-0.1, -0.05) is 23.7 Å². The molecule has 2 aromatic rings. The Morgan fingerprint density at radius 1 is 1.33 bits per heavy atom. The number of aromatic nitrogens is 1. The third kappa shape index (κ3) is 3.04. The second kappa shape index (κ2) is 5.91. The van der Waals surface area contributed by atoms with Crippen LogP contribution < -0.4 is 11.3 Å². The number of pyridine rings is 1. The van der Waals surface area contributed by atoms with Crippen molar-refractivity contribution in [3.05, 3.63) is 64.7 Å². The van der Waals surface area contributed by atoms with Crippen molar-refractivity contribution in [2.45, 2.75) is 12.5 Å². The molecule has 3 nitrogen and oxygen atoms in total. The van der Waals surface area contributed by atoms with Crippen LogP contribution in [0, 0.1) is 5.82 Å². The van der Waals surface area contributed by atoms with E-state index in [0.717, 1.165) is 11.3 Å². The first-order valence-electron chi connectivity index (χ1n) is 5.51. The number of hydrazine groups is 1. The number of nitrogens with two attached hydrogens (primary N) is 1. The number of rotatable bonds is 4. The van der Waals surface area contributed by atoms with Crippen molar-refractivity contribution in [1.82, 2.24) is 10.4 Å². The molecular formula is C13H13ClFN3. The fourth-order valence-corrected chi connectivity index (χ4v) is 1.98. The van der Waals surface area contributed by atoms with Crippen molar-refractivity contribution in [1.29, 1.82) is 0 Å². The molecule has 18 heavy (non-hydrogen) atoms. The molecule has 0 aliphatic heterocycles. The Morgan fingerprint density at radius 2 is 2.17 bits per heavy atom.